The molecule has 102 valence electrons. The first-order valence-electron chi connectivity index (χ1n) is 6.80. The average molecular weight is 258 g/mol. The fourth-order valence-corrected chi connectivity index (χ4v) is 1.84. The molecule has 2 rings (SSSR count). The van der Waals surface area contributed by atoms with Crippen LogP contribution in [-0.4, -0.2) is 17.2 Å². The summed E-state index contributed by atoms with van der Waals surface area (Å²) in [6.07, 6.45) is 4.27. The molecule has 0 atom stereocenters. The highest BCUT2D eigenvalue weighted by atomic mass is 16.5. The molecular weight excluding hydrogens is 236 g/mol. The molecule has 0 fully saturated rings. The van der Waals surface area contributed by atoms with Crippen molar-refractivity contribution in [1.29, 1.82) is 0 Å². The second kappa shape index (κ2) is 7.00. The number of nitrogens with one attached hydrogen (secondary N) is 1. The first-order chi connectivity index (χ1) is 9.24. The number of hydrogen-bond acceptors (Lipinski definition) is 2. The summed E-state index contributed by atoms with van der Waals surface area (Å²) in [6, 6.07) is 12.6. The Morgan fingerprint density at radius 3 is 2.68 bits per heavy atom. The Kier molecular flexibility index (Phi) is 5.04. The van der Waals surface area contributed by atoms with Gasteiger partial charge < -0.3 is 14.6 Å². The summed E-state index contributed by atoms with van der Waals surface area (Å²) in [6.45, 7) is 6.80. The van der Waals surface area contributed by atoms with Crippen molar-refractivity contribution in [1.82, 2.24) is 9.88 Å². The van der Waals surface area contributed by atoms with Crippen molar-refractivity contribution < 1.29 is 4.74 Å². The predicted molar refractivity (Wildman–Crippen MR) is 78.3 cm³/mol. The Morgan fingerprint density at radius 1 is 1.16 bits per heavy atom. The molecule has 0 spiro atoms. The zero-order valence-electron chi connectivity index (χ0n) is 11.7. The van der Waals surface area contributed by atoms with Gasteiger partial charge in [-0.1, -0.05) is 32.0 Å². The molecule has 0 unspecified atom stereocenters. The van der Waals surface area contributed by atoms with Gasteiger partial charge in [0.1, 0.15) is 12.4 Å². The molecule has 19 heavy (non-hydrogen) atoms. The highest BCUT2D eigenvalue weighted by Crippen LogP contribution is 2.08. The van der Waals surface area contributed by atoms with Crippen LogP contribution < -0.4 is 10.1 Å². The van der Waals surface area contributed by atoms with Gasteiger partial charge in [0, 0.05) is 25.0 Å². The second-order valence-corrected chi connectivity index (χ2v) is 4.95. The van der Waals surface area contributed by atoms with E-state index < -0.39 is 0 Å². The van der Waals surface area contributed by atoms with E-state index in [1.54, 1.807) is 0 Å². The molecule has 0 radical (unpaired) electrons. The second-order valence-electron chi connectivity index (χ2n) is 4.95. The maximum Gasteiger partial charge on any atom is 0.119 e. The lowest BCUT2D eigenvalue weighted by Crippen LogP contribution is -2.21. The van der Waals surface area contributed by atoms with Crippen LogP contribution in [0.4, 0.5) is 0 Å². The summed E-state index contributed by atoms with van der Waals surface area (Å²) in [4.78, 5) is 0. The van der Waals surface area contributed by atoms with Gasteiger partial charge >= 0.3 is 0 Å². The van der Waals surface area contributed by atoms with E-state index >= 15 is 0 Å². The van der Waals surface area contributed by atoms with Crippen LogP contribution in [0.1, 0.15) is 19.4 Å². The predicted octanol–water partition coefficient (Wildman–Crippen LogP) is 3.07. The van der Waals surface area contributed by atoms with E-state index in [9.17, 15) is 0 Å². The van der Waals surface area contributed by atoms with Crippen LogP contribution in [0.15, 0.2) is 48.8 Å². The van der Waals surface area contributed by atoms with Gasteiger partial charge in [0.25, 0.3) is 0 Å². The minimum Gasteiger partial charge on any atom is -0.492 e. The molecule has 2 aromatic rings. The van der Waals surface area contributed by atoms with Gasteiger partial charge in [-0.3, -0.25) is 0 Å². The van der Waals surface area contributed by atoms with Gasteiger partial charge in [-0.15, -0.1) is 0 Å². The van der Waals surface area contributed by atoms with Crippen molar-refractivity contribution in [3.63, 3.8) is 0 Å². The van der Waals surface area contributed by atoms with E-state index in [-0.39, 0.29) is 0 Å². The summed E-state index contributed by atoms with van der Waals surface area (Å²) >= 11 is 0. The highest BCUT2D eigenvalue weighted by Gasteiger charge is 1.99. The van der Waals surface area contributed by atoms with Crippen LogP contribution in [0, 0.1) is 0 Å². The minimum absolute atomic E-state index is 0.518. The highest BCUT2D eigenvalue weighted by molar-refractivity contribution is 5.20. The third kappa shape index (κ3) is 4.79. The summed E-state index contributed by atoms with van der Waals surface area (Å²) in [5, 5.41) is 3.41. The molecule has 1 N–H and O–H groups in total. The standard InChI is InChI=1S/C16H22N2O/c1-14(2)17-12-15-8-9-18(13-15)10-11-19-16-6-4-3-5-7-16/h3-9,13-14,17H,10-12H2,1-2H3. The van der Waals surface area contributed by atoms with Gasteiger partial charge in [0.15, 0.2) is 0 Å². The van der Waals surface area contributed by atoms with Crippen LogP contribution in [0.2, 0.25) is 0 Å². The topological polar surface area (TPSA) is 26.2 Å². The van der Waals surface area contributed by atoms with E-state index in [0.29, 0.717) is 12.6 Å². The Balaban J connectivity index is 1.74. The van der Waals surface area contributed by atoms with E-state index in [1.165, 1.54) is 5.56 Å². The summed E-state index contributed by atoms with van der Waals surface area (Å²) in [5.74, 6) is 0.927. The van der Waals surface area contributed by atoms with Gasteiger partial charge in [-0.25, -0.2) is 0 Å². The number of ether oxygens (including phenoxy) is 1. The lowest BCUT2D eigenvalue weighted by molar-refractivity contribution is 0.298. The molecule has 0 bridgehead atoms. The van der Waals surface area contributed by atoms with Crippen molar-refractivity contribution >= 4 is 0 Å². The van der Waals surface area contributed by atoms with Gasteiger partial charge in [0.05, 0.1) is 6.54 Å². The van der Waals surface area contributed by atoms with Gasteiger partial charge in [0.2, 0.25) is 0 Å². The first kappa shape index (κ1) is 13.7. The molecule has 1 aromatic heterocycles. The van der Waals surface area contributed by atoms with E-state index in [1.807, 2.05) is 30.3 Å². The number of para-hydroxylation sites is 1. The van der Waals surface area contributed by atoms with Gasteiger partial charge in [-0.2, -0.15) is 0 Å². The van der Waals surface area contributed by atoms with E-state index in [0.717, 1.165) is 18.8 Å². The maximum absolute atomic E-state index is 5.68. The molecule has 3 nitrogen and oxygen atoms in total. The molecule has 1 aromatic carbocycles. The number of rotatable bonds is 7. The van der Waals surface area contributed by atoms with E-state index in [2.05, 4.69) is 42.2 Å². The molecule has 0 saturated carbocycles. The summed E-state index contributed by atoms with van der Waals surface area (Å²) in [7, 11) is 0. The summed E-state index contributed by atoms with van der Waals surface area (Å²) < 4.78 is 7.85. The third-order valence-corrected chi connectivity index (χ3v) is 2.89. The van der Waals surface area contributed by atoms with Crippen molar-refractivity contribution in [2.75, 3.05) is 6.61 Å². The number of benzene rings is 1. The SMILES string of the molecule is CC(C)NCc1ccn(CCOc2ccccc2)c1. The van der Waals surface area contributed by atoms with Crippen molar-refractivity contribution in [2.24, 2.45) is 0 Å². The maximum atomic E-state index is 5.68. The average Bonchev–Trinajstić information content (AvgIpc) is 2.86. The smallest absolute Gasteiger partial charge is 0.119 e. The number of hydrogen-bond donors (Lipinski definition) is 1. The fraction of sp³-hybridized carbons (Fsp3) is 0.375. The zero-order valence-corrected chi connectivity index (χ0v) is 11.7. The first-order valence-corrected chi connectivity index (χ1v) is 6.80. The van der Waals surface area contributed by atoms with Crippen molar-refractivity contribution in [3.8, 4) is 5.75 Å². The number of aromatic nitrogens is 1. The van der Waals surface area contributed by atoms with Crippen LogP contribution in [0.25, 0.3) is 0 Å². The Bertz CT molecular complexity index is 477. The molecule has 3 heteroatoms. The fourth-order valence-electron chi connectivity index (χ4n) is 1.84. The molecule has 1 heterocycles. The molecular formula is C16H22N2O. The van der Waals surface area contributed by atoms with Crippen LogP contribution >= 0.6 is 0 Å². The lowest BCUT2D eigenvalue weighted by Gasteiger charge is -2.07. The monoisotopic (exact) mass is 258 g/mol. The van der Waals surface area contributed by atoms with Crippen LogP contribution in [0.3, 0.4) is 0 Å². The van der Waals surface area contributed by atoms with Gasteiger partial charge in [-0.05, 0) is 23.8 Å². The lowest BCUT2D eigenvalue weighted by atomic mass is 10.3. The zero-order chi connectivity index (χ0) is 13.5. The molecule has 0 aliphatic carbocycles. The van der Waals surface area contributed by atoms with Crippen molar-refractivity contribution in [2.45, 2.75) is 33.0 Å². The number of nitrogens with zero attached hydrogens (tertiary/aromatic N) is 1. The Morgan fingerprint density at radius 2 is 1.95 bits per heavy atom. The third-order valence-electron chi connectivity index (χ3n) is 2.89. The van der Waals surface area contributed by atoms with Crippen LogP contribution in [0.5, 0.6) is 5.75 Å². The Hall–Kier alpha value is -1.74. The molecule has 0 saturated heterocycles. The molecule has 0 aliphatic heterocycles. The quantitative estimate of drug-likeness (QED) is 0.826. The summed E-state index contributed by atoms with van der Waals surface area (Å²) in [5.41, 5.74) is 1.31. The Labute approximate surface area is 115 Å². The molecule has 0 amide bonds. The minimum atomic E-state index is 0.518. The largest absolute Gasteiger partial charge is 0.492 e. The normalized spacial score (nSPS) is 10.9. The molecule has 0 aliphatic rings. The van der Waals surface area contributed by atoms with Crippen molar-refractivity contribution in [3.05, 3.63) is 54.4 Å². The van der Waals surface area contributed by atoms with E-state index in [4.69, 9.17) is 4.74 Å². The van der Waals surface area contributed by atoms with Crippen LogP contribution in [-0.2, 0) is 13.1 Å².